The van der Waals surface area contributed by atoms with Gasteiger partial charge >= 0.3 is 0 Å². The van der Waals surface area contributed by atoms with Gasteiger partial charge in [0.25, 0.3) is 0 Å². The zero-order valence-electron chi connectivity index (χ0n) is 15.0. The van der Waals surface area contributed by atoms with Crippen LogP contribution in [0, 0.1) is 0 Å². The molecule has 3 rings (SSSR count). The fourth-order valence-corrected chi connectivity index (χ4v) is 3.63. The maximum atomic E-state index is 6.50. The minimum absolute atomic E-state index is 0.0426. The third-order valence-corrected chi connectivity index (χ3v) is 5.22. The Kier molecular flexibility index (Phi) is 5.16. The van der Waals surface area contributed by atoms with Crippen LogP contribution in [0.5, 0.6) is 11.5 Å². The van der Waals surface area contributed by atoms with Crippen LogP contribution in [0.15, 0.2) is 23.6 Å². The van der Waals surface area contributed by atoms with E-state index in [-0.39, 0.29) is 6.10 Å². The molecule has 1 aromatic carbocycles. The molecule has 0 atom stereocenters. The Balaban J connectivity index is 2.22. The van der Waals surface area contributed by atoms with E-state index in [2.05, 4.69) is 13.8 Å². The molecule has 0 amide bonds. The number of benzene rings is 1. The smallest absolute Gasteiger partial charge is 0.139 e. The second-order valence-electron chi connectivity index (χ2n) is 6.38. The molecule has 3 aromatic rings. The number of methoxy groups -OCH3 is 1. The summed E-state index contributed by atoms with van der Waals surface area (Å²) in [5, 5.41) is 4.45. The maximum Gasteiger partial charge on any atom is 0.139 e. The summed E-state index contributed by atoms with van der Waals surface area (Å²) >= 11 is 8.14. The van der Waals surface area contributed by atoms with Crippen molar-refractivity contribution in [3.63, 3.8) is 0 Å². The van der Waals surface area contributed by atoms with Crippen molar-refractivity contribution in [2.45, 2.75) is 39.7 Å². The number of aromatic nitrogens is 2. The fourth-order valence-electron chi connectivity index (χ4n) is 2.52. The van der Waals surface area contributed by atoms with E-state index in [0.717, 1.165) is 27.5 Å². The molecule has 4 nitrogen and oxygen atoms in total. The second-order valence-corrected chi connectivity index (χ2v) is 7.64. The Morgan fingerprint density at radius 2 is 1.80 bits per heavy atom. The number of pyridine rings is 1. The Hall–Kier alpha value is -1.85. The second kappa shape index (κ2) is 7.18. The van der Waals surface area contributed by atoms with Gasteiger partial charge in [0.15, 0.2) is 0 Å². The summed E-state index contributed by atoms with van der Waals surface area (Å²) < 4.78 is 11.3. The molecular formula is C19H21ClN2O2S. The molecule has 0 unspecified atom stereocenters. The first kappa shape index (κ1) is 18.0. The average molecular weight is 377 g/mol. The lowest BCUT2D eigenvalue weighted by Crippen LogP contribution is -2.06. The third-order valence-electron chi connectivity index (χ3n) is 3.71. The largest absolute Gasteiger partial charge is 0.495 e. The molecule has 2 aromatic heterocycles. The first-order valence-corrected chi connectivity index (χ1v) is 9.46. The van der Waals surface area contributed by atoms with E-state index in [1.165, 1.54) is 0 Å². The average Bonchev–Trinajstić information content (AvgIpc) is 3.05. The minimum Gasteiger partial charge on any atom is -0.495 e. The number of fused-ring (bicyclic) bond motifs is 1. The molecule has 132 valence electrons. The molecule has 0 spiro atoms. The van der Waals surface area contributed by atoms with Crippen LogP contribution in [0.1, 0.15) is 38.6 Å². The number of thiazole rings is 1. The molecule has 0 radical (unpaired) electrons. The van der Waals surface area contributed by atoms with Crippen LogP contribution in [0.25, 0.3) is 22.3 Å². The van der Waals surface area contributed by atoms with Crippen LogP contribution in [0.2, 0.25) is 5.02 Å². The van der Waals surface area contributed by atoms with Gasteiger partial charge in [-0.1, -0.05) is 25.4 Å². The monoisotopic (exact) mass is 376 g/mol. The Labute approximate surface area is 156 Å². The molecule has 0 saturated heterocycles. The van der Waals surface area contributed by atoms with Gasteiger partial charge in [0.2, 0.25) is 0 Å². The van der Waals surface area contributed by atoms with E-state index in [0.29, 0.717) is 22.2 Å². The van der Waals surface area contributed by atoms with Crippen LogP contribution in [-0.4, -0.2) is 23.2 Å². The molecule has 6 heteroatoms. The number of ether oxygens (including phenoxy) is 2. The first-order chi connectivity index (χ1) is 11.9. The first-order valence-electron chi connectivity index (χ1n) is 8.20. The van der Waals surface area contributed by atoms with Crippen molar-refractivity contribution in [2.75, 3.05) is 7.11 Å². The molecule has 0 aliphatic rings. The normalized spacial score (nSPS) is 11.5. The quantitative estimate of drug-likeness (QED) is 0.553. The highest BCUT2D eigenvalue weighted by molar-refractivity contribution is 7.10. The van der Waals surface area contributed by atoms with Crippen molar-refractivity contribution in [3.05, 3.63) is 33.6 Å². The molecule has 0 fully saturated rings. The summed E-state index contributed by atoms with van der Waals surface area (Å²) in [7, 11) is 1.60. The highest BCUT2D eigenvalue weighted by Gasteiger charge is 2.17. The number of hydrogen-bond acceptors (Lipinski definition) is 5. The summed E-state index contributed by atoms with van der Waals surface area (Å²) in [6.07, 6.45) is 0.0426. The van der Waals surface area contributed by atoms with Crippen molar-refractivity contribution < 1.29 is 9.47 Å². The fraction of sp³-hybridized carbons (Fsp3) is 0.368. The highest BCUT2D eigenvalue weighted by Crippen LogP contribution is 2.38. The molecule has 0 aliphatic carbocycles. The molecule has 25 heavy (non-hydrogen) atoms. The van der Waals surface area contributed by atoms with Gasteiger partial charge in [-0.05, 0) is 26.0 Å². The Morgan fingerprint density at radius 1 is 1.04 bits per heavy atom. The van der Waals surface area contributed by atoms with E-state index >= 15 is 0 Å². The van der Waals surface area contributed by atoms with Gasteiger partial charge in [-0.2, -0.15) is 0 Å². The summed E-state index contributed by atoms with van der Waals surface area (Å²) in [5.41, 5.74) is 2.25. The van der Waals surface area contributed by atoms with Crippen molar-refractivity contribution in [3.8, 4) is 22.9 Å². The van der Waals surface area contributed by atoms with Crippen molar-refractivity contribution in [2.24, 2.45) is 0 Å². The van der Waals surface area contributed by atoms with Gasteiger partial charge in [0.05, 0.1) is 29.4 Å². The van der Waals surface area contributed by atoms with Crippen LogP contribution in [0.3, 0.4) is 0 Å². The zero-order chi connectivity index (χ0) is 18.1. The predicted octanol–water partition coefficient (Wildman–Crippen LogP) is 5.93. The number of rotatable bonds is 5. The number of halogens is 1. The van der Waals surface area contributed by atoms with Crippen LogP contribution in [-0.2, 0) is 0 Å². The van der Waals surface area contributed by atoms with E-state index in [9.17, 15) is 0 Å². The molecule has 0 bridgehead atoms. The van der Waals surface area contributed by atoms with Gasteiger partial charge in [0.1, 0.15) is 22.2 Å². The Bertz CT molecular complexity index is 906. The van der Waals surface area contributed by atoms with Crippen LogP contribution >= 0.6 is 22.9 Å². The van der Waals surface area contributed by atoms with Crippen molar-refractivity contribution in [1.29, 1.82) is 0 Å². The molecule has 0 saturated carbocycles. The topological polar surface area (TPSA) is 44.2 Å². The zero-order valence-corrected chi connectivity index (χ0v) is 16.5. The van der Waals surface area contributed by atoms with Gasteiger partial charge in [-0.25, -0.2) is 9.97 Å². The standard InChI is InChI=1S/C19H21ClN2O2S/c1-10(2)19-22-14(9-25-19)13-8-16(24-11(3)4)12-6-7-15(23-5)17(20)18(12)21-13/h6-11H,1-5H3. The molecular weight excluding hydrogens is 356 g/mol. The van der Waals surface area contributed by atoms with Crippen molar-refractivity contribution in [1.82, 2.24) is 9.97 Å². The van der Waals surface area contributed by atoms with Crippen LogP contribution < -0.4 is 9.47 Å². The van der Waals surface area contributed by atoms with E-state index in [1.54, 1.807) is 18.4 Å². The summed E-state index contributed by atoms with van der Waals surface area (Å²) in [6, 6.07) is 5.69. The third kappa shape index (κ3) is 3.58. The summed E-state index contributed by atoms with van der Waals surface area (Å²) in [6.45, 7) is 8.25. The van der Waals surface area contributed by atoms with Crippen LogP contribution in [0.4, 0.5) is 0 Å². The lowest BCUT2D eigenvalue weighted by Gasteiger charge is -2.15. The maximum absolute atomic E-state index is 6.50. The lowest BCUT2D eigenvalue weighted by molar-refractivity contribution is 0.245. The highest BCUT2D eigenvalue weighted by atomic mass is 35.5. The number of nitrogens with zero attached hydrogens (tertiary/aromatic N) is 2. The van der Waals surface area contributed by atoms with E-state index in [1.807, 2.05) is 37.4 Å². The number of hydrogen-bond donors (Lipinski definition) is 0. The summed E-state index contributed by atoms with van der Waals surface area (Å²) in [5.74, 6) is 1.73. The predicted molar refractivity (Wildman–Crippen MR) is 104 cm³/mol. The van der Waals surface area contributed by atoms with Gasteiger partial charge in [-0.3, -0.25) is 0 Å². The molecule has 0 N–H and O–H groups in total. The van der Waals surface area contributed by atoms with E-state index in [4.69, 9.17) is 31.0 Å². The molecule has 0 aliphatic heterocycles. The van der Waals surface area contributed by atoms with Gasteiger partial charge in [0, 0.05) is 22.8 Å². The van der Waals surface area contributed by atoms with E-state index < -0.39 is 0 Å². The van der Waals surface area contributed by atoms with Crippen molar-refractivity contribution >= 4 is 33.8 Å². The molecule has 2 heterocycles. The SMILES string of the molecule is COc1ccc2c(OC(C)C)cc(-c3csc(C(C)C)n3)nc2c1Cl. The lowest BCUT2D eigenvalue weighted by atomic mass is 10.1. The summed E-state index contributed by atoms with van der Waals surface area (Å²) in [4.78, 5) is 9.45. The minimum atomic E-state index is 0.0426. The van der Waals surface area contributed by atoms with Gasteiger partial charge in [-0.15, -0.1) is 11.3 Å². The Morgan fingerprint density at radius 3 is 2.40 bits per heavy atom. The van der Waals surface area contributed by atoms with Gasteiger partial charge < -0.3 is 9.47 Å².